The van der Waals surface area contributed by atoms with Crippen LogP contribution in [-0.4, -0.2) is 53.1 Å². The topological polar surface area (TPSA) is 113 Å². The molecule has 0 fully saturated rings. The van der Waals surface area contributed by atoms with Crippen molar-refractivity contribution in [1.82, 2.24) is 30.6 Å². The maximum atomic E-state index is 13.7. The number of allylic oxidation sites excluding steroid dienone is 3. The van der Waals surface area contributed by atoms with Gasteiger partial charge in [0.1, 0.15) is 5.69 Å². The highest BCUT2D eigenvalue weighted by atomic mass is 19.4. The van der Waals surface area contributed by atoms with E-state index in [-0.39, 0.29) is 23.4 Å². The summed E-state index contributed by atoms with van der Waals surface area (Å²) in [4.78, 5) is 13.0. The van der Waals surface area contributed by atoms with Crippen molar-refractivity contribution in [2.24, 2.45) is 5.84 Å². The third-order valence-electron chi connectivity index (χ3n) is 6.15. The Hall–Kier alpha value is -4.00. The molecule has 39 heavy (non-hydrogen) atoms. The number of aryl methyl sites for hydroxylation is 1. The van der Waals surface area contributed by atoms with Gasteiger partial charge in [0.25, 0.3) is 5.91 Å². The molecule has 1 aromatic heterocycles. The Morgan fingerprint density at radius 2 is 1.95 bits per heavy atom. The van der Waals surface area contributed by atoms with Gasteiger partial charge in [0.2, 0.25) is 0 Å². The van der Waals surface area contributed by atoms with Crippen LogP contribution in [0, 0.1) is 6.92 Å². The fourth-order valence-electron chi connectivity index (χ4n) is 3.84. The second kappa shape index (κ2) is 12.7. The zero-order chi connectivity index (χ0) is 28.7. The summed E-state index contributed by atoms with van der Waals surface area (Å²) in [5.41, 5.74) is 2.95. The van der Waals surface area contributed by atoms with Gasteiger partial charge in [-0.1, -0.05) is 30.0 Å². The van der Waals surface area contributed by atoms with Crippen LogP contribution in [0.25, 0.3) is 11.3 Å². The van der Waals surface area contributed by atoms with E-state index in [0.29, 0.717) is 30.0 Å². The van der Waals surface area contributed by atoms with Gasteiger partial charge in [-0.15, -0.1) is 5.10 Å². The first kappa shape index (κ1) is 29.6. The summed E-state index contributed by atoms with van der Waals surface area (Å²) >= 11 is 0. The van der Waals surface area contributed by atoms with E-state index < -0.39 is 17.6 Å². The molecule has 3 aromatic rings. The third kappa shape index (κ3) is 7.31. The van der Waals surface area contributed by atoms with Gasteiger partial charge in [-0.2, -0.15) is 13.2 Å². The van der Waals surface area contributed by atoms with E-state index in [4.69, 9.17) is 5.84 Å². The number of rotatable bonds is 11. The number of hydrazine groups is 1. The number of benzene rings is 2. The molecule has 0 saturated heterocycles. The van der Waals surface area contributed by atoms with Gasteiger partial charge in [0.15, 0.2) is 0 Å². The van der Waals surface area contributed by atoms with Crippen LogP contribution in [-0.2, 0) is 12.7 Å². The Morgan fingerprint density at radius 3 is 2.59 bits per heavy atom. The first-order valence-corrected chi connectivity index (χ1v) is 12.2. The maximum absolute atomic E-state index is 13.7. The molecule has 0 saturated carbocycles. The molecule has 0 aliphatic rings. The van der Waals surface area contributed by atoms with Gasteiger partial charge in [-0.25, -0.2) is 10.5 Å². The number of hydrogen-bond donors (Lipinski definition) is 4. The van der Waals surface area contributed by atoms with Gasteiger partial charge in [-0.3, -0.25) is 4.79 Å². The Morgan fingerprint density at radius 1 is 1.21 bits per heavy atom. The molecule has 0 unspecified atom stereocenters. The van der Waals surface area contributed by atoms with E-state index in [2.05, 4.69) is 32.8 Å². The largest absolute Gasteiger partial charge is 0.416 e. The molecule has 2 aromatic carbocycles. The lowest BCUT2D eigenvalue weighted by molar-refractivity contribution is -0.138. The summed E-state index contributed by atoms with van der Waals surface area (Å²) < 4.78 is 42.7. The van der Waals surface area contributed by atoms with E-state index in [1.54, 1.807) is 44.6 Å². The minimum absolute atomic E-state index is 0.0404. The molecule has 0 aliphatic heterocycles. The number of likely N-dealkylation sites (N-methyl/N-ethyl adjacent to an activating group) is 1. The number of nitrogens with one attached hydrogen (secondary N) is 3. The molecule has 1 amide bonds. The molecular formula is C27H33F3N8O. The number of carbonyl (C=O) groups excluding carboxylic acids is 1. The first-order valence-electron chi connectivity index (χ1n) is 12.2. The predicted octanol–water partition coefficient (Wildman–Crippen LogP) is 3.88. The van der Waals surface area contributed by atoms with Crippen molar-refractivity contribution in [2.45, 2.75) is 26.6 Å². The molecule has 12 heteroatoms. The van der Waals surface area contributed by atoms with Crippen molar-refractivity contribution < 1.29 is 18.0 Å². The second-order valence-electron chi connectivity index (χ2n) is 8.97. The molecular weight excluding hydrogens is 509 g/mol. The van der Waals surface area contributed by atoms with Gasteiger partial charge >= 0.3 is 6.18 Å². The van der Waals surface area contributed by atoms with Crippen LogP contribution < -0.4 is 21.8 Å². The third-order valence-corrected chi connectivity index (χ3v) is 6.15. The average Bonchev–Trinajstić information content (AvgIpc) is 3.36. The molecule has 0 spiro atoms. The maximum Gasteiger partial charge on any atom is 0.416 e. The van der Waals surface area contributed by atoms with Gasteiger partial charge in [0, 0.05) is 49.2 Å². The van der Waals surface area contributed by atoms with Crippen LogP contribution in [0.4, 0.5) is 18.9 Å². The lowest BCUT2D eigenvalue weighted by Gasteiger charge is -2.16. The van der Waals surface area contributed by atoms with Crippen LogP contribution >= 0.6 is 0 Å². The molecule has 0 atom stereocenters. The lowest BCUT2D eigenvalue weighted by Crippen LogP contribution is -2.25. The number of amides is 1. The number of aromatic nitrogens is 3. The number of nitrogens with zero attached hydrogens (tertiary/aromatic N) is 4. The summed E-state index contributed by atoms with van der Waals surface area (Å²) in [6.45, 7) is 8.69. The molecule has 0 aliphatic carbocycles. The van der Waals surface area contributed by atoms with Crippen molar-refractivity contribution in [1.29, 1.82) is 0 Å². The molecule has 1 heterocycles. The predicted molar refractivity (Wildman–Crippen MR) is 146 cm³/mol. The van der Waals surface area contributed by atoms with Crippen LogP contribution in [0.2, 0.25) is 0 Å². The Labute approximate surface area is 225 Å². The van der Waals surface area contributed by atoms with E-state index in [9.17, 15) is 18.0 Å². The summed E-state index contributed by atoms with van der Waals surface area (Å²) in [6.07, 6.45) is -1.26. The minimum atomic E-state index is -4.57. The zero-order valence-corrected chi connectivity index (χ0v) is 22.4. The Bertz CT molecular complexity index is 1360. The second-order valence-corrected chi connectivity index (χ2v) is 8.97. The van der Waals surface area contributed by atoms with E-state index >= 15 is 0 Å². The molecule has 5 N–H and O–H groups in total. The van der Waals surface area contributed by atoms with Gasteiger partial charge < -0.3 is 21.0 Å². The average molecular weight is 543 g/mol. The van der Waals surface area contributed by atoms with Crippen LogP contribution in [0.3, 0.4) is 0 Å². The van der Waals surface area contributed by atoms with E-state index in [0.717, 1.165) is 17.3 Å². The monoisotopic (exact) mass is 542 g/mol. The number of alkyl halides is 3. The van der Waals surface area contributed by atoms with Crippen LogP contribution in [0.15, 0.2) is 60.9 Å². The fraction of sp³-hybridized carbons (Fsp3) is 0.296. The summed E-state index contributed by atoms with van der Waals surface area (Å²) in [5.74, 6) is 5.28. The summed E-state index contributed by atoms with van der Waals surface area (Å²) in [6, 6.07) is 8.71. The molecule has 208 valence electrons. The smallest absolute Gasteiger partial charge is 0.322 e. The van der Waals surface area contributed by atoms with Crippen molar-refractivity contribution in [3.05, 3.63) is 88.9 Å². The standard InChI is InChI=1S/C27H33F3N8O/c1-6-22(18(3)37(5)31)24-16-38(36-35-24)25-13-19(8-7-17(25)2)26(39)34-21-10-9-20(15-33-12-11-32-4)23(14-21)27(28,29)30/h6-10,13-14,16,32-33H,1,11-12,15,31H2,2-5H3,(H,34,39)/b22-18+. The van der Waals surface area contributed by atoms with Crippen LogP contribution in [0.5, 0.6) is 0 Å². The minimum Gasteiger partial charge on any atom is -0.322 e. The van der Waals surface area contributed by atoms with Crippen molar-refractivity contribution in [3.63, 3.8) is 0 Å². The van der Waals surface area contributed by atoms with Gasteiger partial charge in [0.05, 0.1) is 17.4 Å². The highest BCUT2D eigenvalue weighted by Gasteiger charge is 2.33. The number of nitrogens with two attached hydrogens (primary N) is 1. The number of halogens is 3. The van der Waals surface area contributed by atoms with Crippen molar-refractivity contribution in [3.8, 4) is 5.69 Å². The number of anilines is 1. The van der Waals surface area contributed by atoms with E-state index in [1.165, 1.54) is 21.8 Å². The Balaban J connectivity index is 1.86. The SMILES string of the molecule is C=C/C(=C(/C)N(C)N)c1cn(-c2cc(C(=O)Nc3ccc(CNCCNC)c(C(F)(F)F)c3)ccc2C)nn1. The van der Waals surface area contributed by atoms with Gasteiger partial charge in [-0.05, 0) is 56.3 Å². The summed E-state index contributed by atoms with van der Waals surface area (Å²) in [5, 5.41) is 18.3. The Kier molecular flexibility index (Phi) is 9.62. The normalized spacial score (nSPS) is 12.2. The highest BCUT2D eigenvalue weighted by Crippen LogP contribution is 2.34. The van der Waals surface area contributed by atoms with E-state index in [1.807, 2.05) is 13.8 Å². The first-order chi connectivity index (χ1) is 18.5. The van der Waals surface area contributed by atoms with Crippen molar-refractivity contribution >= 4 is 17.2 Å². The lowest BCUT2D eigenvalue weighted by atomic mass is 10.1. The quantitative estimate of drug-likeness (QED) is 0.126. The number of carbonyl (C=O) groups is 1. The highest BCUT2D eigenvalue weighted by molar-refractivity contribution is 6.04. The number of hydrogen-bond acceptors (Lipinski definition) is 7. The van der Waals surface area contributed by atoms with Crippen molar-refractivity contribution in [2.75, 3.05) is 32.5 Å². The molecule has 9 nitrogen and oxygen atoms in total. The van der Waals surface area contributed by atoms with Crippen LogP contribution in [0.1, 0.15) is 39.7 Å². The molecule has 0 bridgehead atoms. The summed E-state index contributed by atoms with van der Waals surface area (Å²) in [7, 11) is 3.46. The molecule has 3 rings (SSSR count). The zero-order valence-electron chi connectivity index (χ0n) is 22.4. The fourth-order valence-corrected chi connectivity index (χ4v) is 3.84. The molecule has 0 radical (unpaired) electrons.